The highest BCUT2D eigenvalue weighted by Gasteiger charge is 2.11. The Bertz CT molecular complexity index is 268. The maximum Gasteiger partial charge on any atom is 0.257 e. The lowest BCUT2D eigenvalue weighted by atomic mass is 10.4. The molecule has 4 nitrogen and oxygen atoms in total. The van der Waals surface area contributed by atoms with Crippen LogP contribution in [-0.2, 0) is 6.54 Å². The second-order valence-electron chi connectivity index (χ2n) is 2.35. The molecule has 7 heteroatoms. The van der Waals surface area contributed by atoms with Crippen molar-refractivity contribution in [2.45, 2.75) is 18.5 Å². The van der Waals surface area contributed by atoms with Gasteiger partial charge in [-0.05, 0) is 6.07 Å². The summed E-state index contributed by atoms with van der Waals surface area (Å²) in [5, 5.41) is 12.1. The van der Waals surface area contributed by atoms with Crippen molar-refractivity contribution >= 4 is 11.6 Å². The van der Waals surface area contributed by atoms with Crippen LogP contribution in [0.2, 0.25) is 0 Å². The van der Waals surface area contributed by atoms with E-state index in [0.29, 0.717) is 5.69 Å². The number of halogens is 3. The van der Waals surface area contributed by atoms with Crippen LogP contribution in [0.4, 0.5) is 8.78 Å². The quantitative estimate of drug-likeness (QED) is 0.449. The Morgan fingerprint density at radius 2 is 2.38 bits per heavy atom. The SMILES string of the molecule is ONC(Cl)c1ccn(CC(F)F)n1. The minimum absolute atomic E-state index is 0.296. The third kappa shape index (κ3) is 2.91. The first-order valence-electron chi connectivity index (χ1n) is 3.48. The van der Waals surface area contributed by atoms with Crippen LogP contribution in [0, 0.1) is 0 Å². The van der Waals surface area contributed by atoms with Gasteiger partial charge in [-0.3, -0.25) is 4.68 Å². The number of hydrogen-bond acceptors (Lipinski definition) is 3. The van der Waals surface area contributed by atoms with Crippen LogP contribution < -0.4 is 5.48 Å². The van der Waals surface area contributed by atoms with Gasteiger partial charge in [-0.1, -0.05) is 11.6 Å². The minimum Gasteiger partial charge on any atom is -0.315 e. The van der Waals surface area contributed by atoms with Crippen molar-refractivity contribution < 1.29 is 14.0 Å². The van der Waals surface area contributed by atoms with Crippen molar-refractivity contribution in [3.63, 3.8) is 0 Å². The van der Waals surface area contributed by atoms with Crippen LogP contribution in [-0.4, -0.2) is 21.4 Å². The number of nitrogens with zero attached hydrogens (tertiary/aromatic N) is 2. The zero-order valence-corrected chi connectivity index (χ0v) is 7.25. The molecule has 0 amide bonds. The van der Waals surface area contributed by atoms with E-state index >= 15 is 0 Å². The molecule has 0 aromatic carbocycles. The van der Waals surface area contributed by atoms with Gasteiger partial charge in [-0.25, -0.2) is 8.78 Å². The summed E-state index contributed by atoms with van der Waals surface area (Å²) >= 11 is 5.52. The van der Waals surface area contributed by atoms with E-state index in [9.17, 15) is 8.78 Å². The number of nitrogens with one attached hydrogen (secondary N) is 1. The number of hydrogen-bond donors (Lipinski definition) is 2. The normalized spacial score (nSPS) is 13.6. The Balaban J connectivity index is 2.63. The maximum atomic E-state index is 11.9. The molecule has 0 saturated carbocycles. The molecular weight excluding hydrogens is 204 g/mol. The van der Waals surface area contributed by atoms with Gasteiger partial charge >= 0.3 is 0 Å². The number of alkyl halides is 3. The highest BCUT2D eigenvalue weighted by atomic mass is 35.5. The van der Waals surface area contributed by atoms with Gasteiger partial charge < -0.3 is 5.21 Å². The molecule has 2 N–H and O–H groups in total. The first-order chi connectivity index (χ1) is 6.13. The first kappa shape index (κ1) is 10.4. The molecule has 0 aliphatic heterocycles. The summed E-state index contributed by atoms with van der Waals surface area (Å²) < 4.78 is 24.8. The average molecular weight is 212 g/mol. The first-order valence-corrected chi connectivity index (χ1v) is 3.92. The van der Waals surface area contributed by atoms with Gasteiger partial charge in [0.2, 0.25) is 0 Å². The number of rotatable bonds is 4. The molecule has 0 radical (unpaired) electrons. The van der Waals surface area contributed by atoms with Gasteiger partial charge in [0.15, 0.2) is 0 Å². The van der Waals surface area contributed by atoms with Crippen LogP contribution in [0.25, 0.3) is 0 Å². The van der Waals surface area contributed by atoms with Gasteiger partial charge in [-0.15, -0.1) is 0 Å². The molecular formula is C6H8ClF2N3O. The summed E-state index contributed by atoms with van der Waals surface area (Å²) in [6, 6.07) is 1.45. The van der Waals surface area contributed by atoms with Gasteiger partial charge in [0.05, 0.1) is 5.69 Å². The van der Waals surface area contributed by atoms with Gasteiger partial charge in [0.1, 0.15) is 12.0 Å². The number of hydroxylamine groups is 1. The molecule has 0 saturated heterocycles. The molecule has 1 atom stereocenters. The Hall–Kier alpha value is -0.720. The zero-order valence-electron chi connectivity index (χ0n) is 6.49. The summed E-state index contributed by atoms with van der Waals surface area (Å²) in [7, 11) is 0. The van der Waals surface area contributed by atoms with E-state index in [1.807, 2.05) is 0 Å². The Kier molecular flexibility index (Phi) is 3.58. The molecule has 1 aromatic rings. The molecule has 1 aromatic heterocycles. The highest BCUT2D eigenvalue weighted by Crippen LogP contribution is 2.13. The van der Waals surface area contributed by atoms with E-state index < -0.39 is 18.5 Å². The fourth-order valence-electron chi connectivity index (χ4n) is 0.822. The molecule has 1 rings (SSSR count). The Labute approximate surface area is 78.1 Å². The monoisotopic (exact) mass is 211 g/mol. The van der Waals surface area contributed by atoms with E-state index in [0.717, 1.165) is 4.68 Å². The van der Waals surface area contributed by atoms with Crippen LogP contribution >= 0.6 is 11.6 Å². The molecule has 0 aliphatic rings. The molecule has 1 unspecified atom stereocenters. The molecule has 0 bridgehead atoms. The molecule has 74 valence electrons. The van der Waals surface area contributed by atoms with Crippen LogP contribution in [0.5, 0.6) is 0 Å². The van der Waals surface area contributed by atoms with E-state index in [1.165, 1.54) is 12.3 Å². The summed E-state index contributed by atoms with van der Waals surface area (Å²) in [6.07, 6.45) is -1.09. The molecule has 0 fully saturated rings. The summed E-state index contributed by atoms with van der Waals surface area (Å²) in [4.78, 5) is 0. The largest absolute Gasteiger partial charge is 0.315 e. The summed E-state index contributed by atoms with van der Waals surface area (Å²) in [5.41, 5.74) is 1.17. The zero-order chi connectivity index (χ0) is 9.84. The average Bonchev–Trinajstić information content (AvgIpc) is 2.50. The Morgan fingerprint density at radius 1 is 1.69 bits per heavy atom. The maximum absolute atomic E-state index is 11.9. The molecule has 1 heterocycles. The van der Waals surface area contributed by atoms with Crippen LogP contribution in [0.15, 0.2) is 12.3 Å². The molecule has 0 aliphatic carbocycles. The van der Waals surface area contributed by atoms with Crippen molar-refractivity contribution in [3.05, 3.63) is 18.0 Å². The third-order valence-electron chi connectivity index (χ3n) is 1.36. The topological polar surface area (TPSA) is 50.1 Å². The second-order valence-corrected chi connectivity index (χ2v) is 2.78. The van der Waals surface area contributed by atoms with Crippen molar-refractivity contribution in [1.82, 2.24) is 15.3 Å². The van der Waals surface area contributed by atoms with E-state index in [1.54, 1.807) is 5.48 Å². The van der Waals surface area contributed by atoms with E-state index in [4.69, 9.17) is 16.8 Å². The third-order valence-corrected chi connectivity index (χ3v) is 1.68. The summed E-state index contributed by atoms with van der Waals surface area (Å²) in [5.74, 6) is 0. The van der Waals surface area contributed by atoms with Crippen molar-refractivity contribution in [3.8, 4) is 0 Å². The highest BCUT2D eigenvalue weighted by molar-refractivity contribution is 6.20. The van der Waals surface area contributed by atoms with Crippen molar-refractivity contribution in [1.29, 1.82) is 0 Å². The minimum atomic E-state index is -2.45. The van der Waals surface area contributed by atoms with E-state index in [2.05, 4.69) is 5.10 Å². The van der Waals surface area contributed by atoms with E-state index in [-0.39, 0.29) is 0 Å². The molecule has 0 spiro atoms. The van der Waals surface area contributed by atoms with Gasteiger partial charge in [0.25, 0.3) is 6.43 Å². The lowest BCUT2D eigenvalue weighted by molar-refractivity contribution is 0.121. The predicted octanol–water partition coefficient (Wildman–Crippen LogP) is 1.36. The fraction of sp³-hybridized carbons (Fsp3) is 0.500. The molecule has 13 heavy (non-hydrogen) atoms. The van der Waals surface area contributed by atoms with Crippen molar-refractivity contribution in [2.75, 3.05) is 0 Å². The summed E-state index contributed by atoms with van der Waals surface area (Å²) in [6.45, 7) is -0.477. The lowest BCUT2D eigenvalue weighted by Crippen LogP contribution is -2.13. The standard InChI is InChI=1S/C6H8ClF2N3O/c7-6(11-13)4-1-2-12(10-4)3-5(8)9/h1-2,5-6,11,13H,3H2. The van der Waals surface area contributed by atoms with Crippen LogP contribution in [0.1, 0.15) is 11.2 Å². The van der Waals surface area contributed by atoms with Crippen LogP contribution in [0.3, 0.4) is 0 Å². The van der Waals surface area contributed by atoms with Gasteiger partial charge in [0, 0.05) is 6.20 Å². The number of aromatic nitrogens is 2. The Morgan fingerprint density at radius 3 is 2.92 bits per heavy atom. The van der Waals surface area contributed by atoms with Gasteiger partial charge in [-0.2, -0.15) is 10.6 Å². The lowest BCUT2D eigenvalue weighted by Gasteiger charge is -2.02. The smallest absolute Gasteiger partial charge is 0.257 e. The predicted molar refractivity (Wildman–Crippen MR) is 41.7 cm³/mol. The fourth-order valence-corrected chi connectivity index (χ4v) is 0.938. The second kappa shape index (κ2) is 4.50. The van der Waals surface area contributed by atoms with Crippen molar-refractivity contribution in [2.24, 2.45) is 0 Å².